The highest BCUT2D eigenvalue weighted by Gasteiger charge is 2.14. The number of hydrogen-bond donors (Lipinski definition) is 1. The van der Waals surface area contributed by atoms with E-state index in [0.29, 0.717) is 28.0 Å². The van der Waals surface area contributed by atoms with E-state index >= 15 is 0 Å². The summed E-state index contributed by atoms with van der Waals surface area (Å²) in [6.07, 6.45) is 0. The summed E-state index contributed by atoms with van der Waals surface area (Å²) in [5, 5.41) is 15.4. The Hall–Kier alpha value is -3.31. The number of thiazole rings is 1. The Morgan fingerprint density at radius 1 is 1.20 bits per heavy atom. The molecular formula is C19H16N6O3S2. The molecule has 0 aliphatic rings. The van der Waals surface area contributed by atoms with E-state index in [-0.39, 0.29) is 17.6 Å². The number of tetrazole rings is 1. The first-order chi connectivity index (χ1) is 14.6. The van der Waals surface area contributed by atoms with Crippen molar-refractivity contribution >= 4 is 50.3 Å². The molecule has 30 heavy (non-hydrogen) atoms. The van der Waals surface area contributed by atoms with Crippen LogP contribution in [0, 0.1) is 0 Å². The number of nitrogens with zero attached hydrogens (tertiary/aromatic N) is 5. The average molecular weight is 441 g/mol. The second-order valence-corrected chi connectivity index (χ2v) is 7.94. The van der Waals surface area contributed by atoms with Crippen molar-refractivity contribution in [3.63, 3.8) is 0 Å². The number of para-hydroxylation sites is 1. The summed E-state index contributed by atoms with van der Waals surface area (Å²) in [6.45, 7) is 2.07. The van der Waals surface area contributed by atoms with Crippen LogP contribution in [0.1, 0.15) is 17.3 Å². The predicted octanol–water partition coefficient (Wildman–Crippen LogP) is 3.18. The molecule has 0 aliphatic carbocycles. The first kappa shape index (κ1) is 20.0. The third-order valence-electron chi connectivity index (χ3n) is 3.92. The summed E-state index contributed by atoms with van der Waals surface area (Å²) in [5.41, 5.74) is 1.96. The Balaban J connectivity index is 1.41. The van der Waals surface area contributed by atoms with Crippen LogP contribution in [0.25, 0.3) is 15.9 Å². The van der Waals surface area contributed by atoms with Crippen LogP contribution in [0.2, 0.25) is 0 Å². The van der Waals surface area contributed by atoms with E-state index in [4.69, 9.17) is 4.74 Å². The van der Waals surface area contributed by atoms with Crippen LogP contribution in [0.3, 0.4) is 0 Å². The molecule has 4 rings (SSSR count). The van der Waals surface area contributed by atoms with Gasteiger partial charge in [-0.3, -0.25) is 4.79 Å². The summed E-state index contributed by atoms with van der Waals surface area (Å²) < 4.78 is 7.38. The van der Waals surface area contributed by atoms with Crippen molar-refractivity contribution in [3.8, 4) is 5.69 Å². The van der Waals surface area contributed by atoms with Crippen molar-refractivity contribution in [2.24, 2.45) is 0 Å². The zero-order chi connectivity index (χ0) is 20.9. The number of benzene rings is 2. The molecule has 4 aromatic rings. The minimum absolute atomic E-state index is 0.122. The Morgan fingerprint density at radius 2 is 2.03 bits per heavy atom. The minimum atomic E-state index is -0.383. The highest BCUT2D eigenvalue weighted by atomic mass is 32.2. The summed E-state index contributed by atoms with van der Waals surface area (Å²) in [7, 11) is 0. The Morgan fingerprint density at radius 3 is 2.83 bits per heavy atom. The van der Waals surface area contributed by atoms with Gasteiger partial charge in [-0.25, -0.2) is 9.78 Å². The maximum absolute atomic E-state index is 12.4. The monoisotopic (exact) mass is 440 g/mol. The second kappa shape index (κ2) is 9.01. The SMILES string of the molecule is CCOC(=O)c1ccc2nc(NC(=O)CSc3nnnn3-c3ccccc3)sc2c1. The highest BCUT2D eigenvalue weighted by molar-refractivity contribution is 7.99. The molecule has 0 bridgehead atoms. The van der Waals surface area contributed by atoms with Crippen LogP contribution < -0.4 is 5.32 Å². The lowest BCUT2D eigenvalue weighted by Gasteiger charge is -2.03. The minimum Gasteiger partial charge on any atom is -0.462 e. The number of nitrogens with one attached hydrogen (secondary N) is 1. The quantitative estimate of drug-likeness (QED) is 0.344. The fraction of sp³-hybridized carbons (Fsp3) is 0.158. The number of hydrogen-bond acceptors (Lipinski definition) is 9. The molecule has 152 valence electrons. The third-order valence-corrected chi connectivity index (χ3v) is 5.77. The number of anilines is 1. The number of carbonyl (C=O) groups excluding carboxylic acids is 2. The number of fused-ring (bicyclic) bond motifs is 1. The van der Waals surface area contributed by atoms with Gasteiger partial charge in [0, 0.05) is 0 Å². The van der Waals surface area contributed by atoms with Crippen molar-refractivity contribution in [1.29, 1.82) is 0 Å². The average Bonchev–Trinajstić information content (AvgIpc) is 3.38. The van der Waals surface area contributed by atoms with Gasteiger partial charge in [0.1, 0.15) is 0 Å². The zero-order valence-corrected chi connectivity index (χ0v) is 17.4. The maximum atomic E-state index is 12.4. The van der Waals surface area contributed by atoms with Gasteiger partial charge >= 0.3 is 5.97 Å². The highest BCUT2D eigenvalue weighted by Crippen LogP contribution is 2.27. The van der Waals surface area contributed by atoms with Crippen LogP contribution in [0.5, 0.6) is 0 Å². The topological polar surface area (TPSA) is 112 Å². The number of aromatic nitrogens is 5. The van der Waals surface area contributed by atoms with Crippen LogP contribution in [-0.4, -0.2) is 49.4 Å². The van der Waals surface area contributed by atoms with Crippen molar-refractivity contribution in [2.75, 3.05) is 17.7 Å². The van der Waals surface area contributed by atoms with Gasteiger partial charge in [0.2, 0.25) is 11.1 Å². The first-order valence-corrected chi connectivity index (χ1v) is 10.8. The number of rotatable bonds is 7. The standard InChI is InChI=1S/C19H16N6O3S2/c1-2-28-17(27)12-8-9-14-15(10-12)30-18(20-14)21-16(26)11-29-19-22-23-24-25(19)13-6-4-3-5-7-13/h3-10H,2,11H2,1H3,(H,20,21,26). The fourth-order valence-electron chi connectivity index (χ4n) is 2.61. The molecule has 2 aromatic carbocycles. The van der Waals surface area contributed by atoms with Crippen molar-refractivity contribution in [2.45, 2.75) is 12.1 Å². The summed E-state index contributed by atoms with van der Waals surface area (Å²) in [6, 6.07) is 14.5. The Bertz CT molecular complexity index is 1190. The molecule has 11 heteroatoms. The molecule has 0 radical (unpaired) electrons. The van der Waals surface area contributed by atoms with E-state index in [1.54, 1.807) is 29.8 Å². The molecule has 2 heterocycles. The van der Waals surface area contributed by atoms with Crippen LogP contribution in [-0.2, 0) is 9.53 Å². The zero-order valence-electron chi connectivity index (χ0n) is 15.8. The van der Waals surface area contributed by atoms with Gasteiger partial charge in [0.25, 0.3) is 0 Å². The summed E-state index contributed by atoms with van der Waals surface area (Å²) in [5.74, 6) is -0.491. The Labute approximate surface area is 179 Å². The van der Waals surface area contributed by atoms with Crippen molar-refractivity contribution in [1.82, 2.24) is 25.2 Å². The van der Waals surface area contributed by atoms with E-state index in [1.807, 2.05) is 30.3 Å². The molecule has 0 unspecified atom stereocenters. The molecule has 9 nitrogen and oxygen atoms in total. The molecule has 1 amide bonds. The second-order valence-electron chi connectivity index (χ2n) is 5.97. The lowest BCUT2D eigenvalue weighted by molar-refractivity contribution is -0.113. The van der Waals surface area contributed by atoms with Gasteiger partial charge in [-0.2, -0.15) is 4.68 Å². The number of amides is 1. The first-order valence-electron chi connectivity index (χ1n) is 8.98. The number of ether oxygens (including phenoxy) is 1. The molecule has 0 saturated heterocycles. The van der Waals surface area contributed by atoms with E-state index in [0.717, 1.165) is 10.4 Å². The van der Waals surface area contributed by atoms with Gasteiger partial charge < -0.3 is 10.1 Å². The molecular weight excluding hydrogens is 424 g/mol. The maximum Gasteiger partial charge on any atom is 0.338 e. The number of thioether (sulfide) groups is 1. The van der Waals surface area contributed by atoms with Gasteiger partial charge in [-0.1, -0.05) is 41.3 Å². The molecule has 0 atom stereocenters. The van der Waals surface area contributed by atoms with E-state index in [9.17, 15) is 9.59 Å². The fourth-order valence-corrected chi connectivity index (χ4v) is 4.22. The van der Waals surface area contributed by atoms with Gasteiger partial charge in [0.15, 0.2) is 5.13 Å². The lowest BCUT2D eigenvalue weighted by atomic mass is 10.2. The number of esters is 1. The predicted molar refractivity (Wildman–Crippen MR) is 114 cm³/mol. The molecule has 1 N–H and O–H groups in total. The molecule has 0 spiro atoms. The van der Waals surface area contributed by atoms with Crippen LogP contribution in [0.4, 0.5) is 5.13 Å². The third kappa shape index (κ3) is 4.47. The summed E-state index contributed by atoms with van der Waals surface area (Å²) >= 11 is 2.52. The molecule has 0 fully saturated rings. The molecule has 0 saturated carbocycles. The van der Waals surface area contributed by atoms with Crippen molar-refractivity contribution in [3.05, 3.63) is 54.1 Å². The normalized spacial score (nSPS) is 10.8. The van der Waals surface area contributed by atoms with Gasteiger partial charge in [-0.15, -0.1) is 5.10 Å². The largest absolute Gasteiger partial charge is 0.462 e. The van der Waals surface area contributed by atoms with Crippen molar-refractivity contribution < 1.29 is 14.3 Å². The van der Waals surface area contributed by atoms with Gasteiger partial charge in [-0.05, 0) is 47.7 Å². The number of carbonyl (C=O) groups is 2. The van der Waals surface area contributed by atoms with E-state index in [2.05, 4.69) is 25.8 Å². The van der Waals surface area contributed by atoms with Crippen LogP contribution >= 0.6 is 23.1 Å². The van der Waals surface area contributed by atoms with E-state index < -0.39 is 0 Å². The lowest BCUT2D eigenvalue weighted by Crippen LogP contribution is -2.14. The Kier molecular flexibility index (Phi) is 6.00. The molecule has 0 aliphatic heterocycles. The summed E-state index contributed by atoms with van der Waals surface area (Å²) in [4.78, 5) is 28.6. The van der Waals surface area contributed by atoms with Crippen LogP contribution in [0.15, 0.2) is 53.7 Å². The van der Waals surface area contributed by atoms with Gasteiger partial charge in [0.05, 0.1) is 33.8 Å². The molecule has 2 aromatic heterocycles. The van der Waals surface area contributed by atoms with E-state index in [1.165, 1.54) is 23.1 Å². The smallest absolute Gasteiger partial charge is 0.338 e.